The van der Waals surface area contributed by atoms with E-state index in [1.54, 1.807) is 6.07 Å². The molecule has 0 fully saturated rings. The number of aromatic nitrogens is 1. The van der Waals surface area contributed by atoms with Gasteiger partial charge in [-0.05, 0) is 24.3 Å². The molecule has 0 bridgehead atoms. The van der Waals surface area contributed by atoms with Crippen LogP contribution in [-0.2, 0) is 10.0 Å². The first-order valence-corrected chi connectivity index (χ1v) is 6.82. The van der Waals surface area contributed by atoms with E-state index >= 15 is 0 Å². The number of sulfonamides is 1. The van der Waals surface area contributed by atoms with Gasteiger partial charge in [0, 0.05) is 12.3 Å². The van der Waals surface area contributed by atoms with Crippen LogP contribution in [0.3, 0.4) is 0 Å². The number of hydrogen-bond acceptors (Lipinski definition) is 4. The first-order chi connectivity index (χ1) is 9.42. The number of halogens is 1. The molecule has 0 spiro atoms. The molecule has 0 saturated carbocycles. The zero-order valence-electron chi connectivity index (χ0n) is 9.92. The zero-order chi connectivity index (χ0) is 14.8. The van der Waals surface area contributed by atoms with Crippen LogP contribution in [0.4, 0.5) is 10.1 Å². The molecule has 2 rings (SSSR count). The minimum absolute atomic E-state index is 0.0416. The molecule has 1 heterocycles. The standard InChI is InChI=1S/C12H8FN3O3S/c13-9-1-3-11(8(5-9)6-14)16-20(18,19)10-2-4-12(17)15-7-10/h1-5,7,16H,(H,15,17). The summed E-state index contributed by atoms with van der Waals surface area (Å²) in [7, 11) is -3.97. The summed E-state index contributed by atoms with van der Waals surface area (Å²) in [5.41, 5.74) is -0.624. The molecule has 1 aromatic heterocycles. The number of benzene rings is 1. The third-order valence-electron chi connectivity index (χ3n) is 2.41. The number of aromatic amines is 1. The molecule has 0 atom stereocenters. The molecule has 0 aliphatic carbocycles. The van der Waals surface area contributed by atoms with Crippen LogP contribution in [0.1, 0.15) is 5.56 Å². The van der Waals surface area contributed by atoms with Gasteiger partial charge in [-0.25, -0.2) is 12.8 Å². The van der Waals surface area contributed by atoms with Gasteiger partial charge in [0.1, 0.15) is 16.8 Å². The lowest BCUT2D eigenvalue weighted by Crippen LogP contribution is -2.16. The highest BCUT2D eigenvalue weighted by Crippen LogP contribution is 2.19. The van der Waals surface area contributed by atoms with E-state index in [4.69, 9.17) is 5.26 Å². The minimum atomic E-state index is -3.97. The predicted octanol–water partition coefficient (Wildman–Crippen LogP) is 1.19. The van der Waals surface area contributed by atoms with Gasteiger partial charge in [0.15, 0.2) is 0 Å². The molecule has 0 saturated heterocycles. The Bertz CT molecular complexity index is 832. The Labute approximate surface area is 113 Å². The van der Waals surface area contributed by atoms with Gasteiger partial charge in [-0.2, -0.15) is 5.26 Å². The van der Waals surface area contributed by atoms with Crippen LogP contribution in [-0.4, -0.2) is 13.4 Å². The molecule has 0 radical (unpaired) electrons. The van der Waals surface area contributed by atoms with Crippen molar-refractivity contribution in [2.75, 3.05) is 4.72 Å². The molecule has 0 unspecified atom stereocenters. The highest BCUT2D eigenvalue weighted by molar-refractivity contribution is 7.92. The van der Waals surface area contributed by atoms with Crippen molar-refractivity contribution in [1.29, 1.82) is 5.26 Å². The normalized spacial score (nSPS) is 10.8. The summed E-state index contributed by atoms with van der Waals surface area (Å²) in [5, 5.41) is 8.85. The first-order valence-electron chi connectivity index (χ1n) is 5.33. The van der Waals surface area contributed by atoms with Crippen LogP contribution in [0.25, 0.3) is 0 Å². The molecular weight excluding hydrogens is 285 g/mol. The number of nitriles is 1. The van der Waals surface area contributed by atoms with Crippen LogP contribution >= 0.6 is 0 Å². The maximum Gasteiger partial charge on any atom is 0.263 e. The lowest BCUT2D eigenvalue weighted by molar-refractivity contribution is 0.600. The summed E-state index contributed by atoms with van der Waals surface area (Å²) in [5.74, 6) is -0.645. The Balaban J connectivity index is 2.41. The number of nitrogens with one attached hydrogen (secondary N) is 2. The average Bonchev–Trinajstić information content (AvgIpc) is 2.41. The molecule has 20 heavy (non-hydrogen) atoms. The summed E-state index contributed by atoms with van der Waals surface area (Å²) in [6, 6.07) is 6.98. The van der Waals surface area contributed by atoms with Gasteiger partial charge >= 0.3 is 0 Å². The Morgan fingerprint density at radius 3 is 2.60 bits per heavy atom. The van der Waals surface area contributed by atoms with E-state index in [0.29, 0.717) is 0 Å². The maximum absolute atomic E-state index is 13.0. The van der Waals surface area contributed by atoms with Gasteiger partial charge < -0.3 is 4.98 Å². The first kappa shape index (κ1) is 13.8. The Morgan fingerprint density at radius 1 is 1.25 bits per heavy atom. The maximum atomic E-state index is 13.0. The second-order valence-electron chi connectivity index (χ2n) is 3.80. The lowest BCUT2D eigenvalue weighted by atomic mass is 10.2. The van der Waals surface area contributed by atoms with Gasteiger partial charge in [-0.3, -0.25) is 9.52 Å². The van der Waals surface area contributed by atoms with E-state index in [2.05, 4.69) is 9.71 Å². The number of anilines is 1. The molecule has 0 aliphatic heterocycles. The van der Waals surface area contributed by atoms with E-state index in [9.17, 15) is 17.6 Å². The quantitative estimate of drug-likeness (QED) is 0.887. The van der Waals surface area contributed by atoms with E-state index in [0.717, 1.165) is 36.5 Å². The van der Waals surface area contributed by atoms with Crippen LogP contribution in [0.15, 0.2) is 46.2 Å². The molecule has 1 aromatic carbocycles. The SMILES string of the molecule is N#Cc1cc(F)ccc1NS(=O)(=O)c1ccc(=O)[nH]c1. The zero-order valence-corrected chi connectivity index (χ0v) is 10.7. The molecule has 2 N–H and O–H groups in total. The van der Waals surface area contributed by atoms with Gasteiger partial charge in [0.2, 0.25) is 5.56 Å². The van der Waals surface area contributed by atoms with E-state index < -0.39 is 21.4 Å². The number of nitrogens with zero attached hydrogens (tertiary/aromatic N) is 1. The van der Waals surface area contributed by atoms with Gasteiger partial charge in [-0.1, -0.05) is 0 Å². The molecule has 102 valence electrons. The molecule has 0 amide bonds. The topological polar surface area (TPSA) is 103 Å². The summed E-state index contributed by atoms with van der Waals surface area (Å²) in [6.07, 6.45) is 1.03. The van der Waals surface area contributed by atoms with Gasteiger partial charge in [0.05, 0.1) is 11.3 Å². The number of hydrogen-bond donors (Lipinski definition) is 2. The van der Waals surface area contributed by atoms with Crippen molar-refractivity contribution in [2.24, 2.45) is 0 Å². The van der Waals surface area contributed by atoms with Crippen molar-refractivity contribution < 1.29 is 12.8 Å². The van der Waals surface area contributed by atoms with Crippen LogP contribution in [0.5, 0.6) is 0 Å². The average molecular weight is 293 g/mol. The van der Waals surface area contributed by atoms with Gasteiger partial charge in [0.25, 0.3) is 10.0 Å². The van der Waals surface area contributed by atoms with Crippen molar-refractivity contribution in [3.05, 3.63) is 58.3 Å². The molecule has 2 aromatic rings. The smallest absolute Gasteiger partial charge is 0.263 e. The third-order valence-corrected chi connectivity index (χ3v) is 3.78. The highest BCUT2D eigenvalue weighted by atomic mass is 32.2. The second-order valence-corrected chi connectivity index (χ2v) is 5.48. The fourth-order valence-corrected chi connectivity index (χ4v) is 2.51. The van der Waals surface area contributed by atoms with Crippen molar-refractivity contribution in [3.8, 4) is 6.07 Å². The second kappa shape index (κ2) is 5.14. The Morgan fingerprint density at radius 2 is 2.00 bits per heavy atom. The monoisotopic (exact) mass is 293 g/mol. The summed E-state index contributed by atoms with van der Waals surface area (Å²) in [4.78, 5) is 12.9. The van der Waals surface area contributed by atoms with Crippen molar-refractivity contribution in [1.82, 2.24) is 4.98 Å². The fourth-order valence-electron chi connectivity index (χ4n) is 1.47. The third kappa shape index (κ3) is 2.84. The van der Waals surface area contributed by atoms with Crippen molar-refractivity contribution in [3.63, 3.8) is 0 Å². The largest absolute Gasteiger partial charge is 0.328 e. The van der Waals surface area contributed by atoms with Crippen molar-refractivity contribution >= 4 is 15.7 Å². The summed E-state index contributed by atoms with van der Waals surface area (Å²) >= 11 is 0. The summed E-state index contributed by atoms with van der Waals surface area (Å²) in [6.45, 7) is 0. The molecular formula is C12H8FN3O3S. The highest BCUT2D eigenvalue weighted by Gasteiger charge is 2.16. The number of H-pyrrole nitrogens is 1. The van der Waals surface area contributed by atoms with Crippen molar-refractivity contribution in [2.45, 2.75) is 4.90 Å². The number of pyridine rings is 1. The molecule has 0 aliphatic rings. The fraction of sp³-hybridized carbons (Fsp3) is 0. The Hall–Kier alpha value is -2.66. The molecule has 6 nitrogen and oxygen atoms in total. The van der Waals surface area contributed by atoms with Crippen LogP contribution < -0.4 is 10.3 Å². The van der Waals surface area contributed by atoms with Gasteiger partial charge in [-0.15, -0.1) is 0 Å². The van der Waals surface area contributed by atoms with E-state index in [-0.39, 0.29) is 16.1 Å². The molecule has 8 heteroatoms. The summed E-state index contributed by atoms with van der Waals surface area (Å²) < 4.78 is 39.2. The van der Waals surface area contributed by atoms with Crippen LogP contribution in [0.2, 0.25) is 0 Å². The number of rotatable bonds is 3. The predicted molar refractivity (Wildman–Crippen MR) is 69.0 cm³/mol. The minimum Gasteiger partial charge on any atom is -0.328 e. The van der Waals surface area contributed by atoms with E-state index in [1.807, 2.05) is 0 Å². The lowest BCUT2D eigenvalue weighted by Gasteiger charge is -2.09. The van der Waals surface area contributed by atoms with Crippen LogP contribution in [0, 0.1) is 17.1 Å². The van der Waals surface area contributed by atoms with E-state index in [1.165, 1.54) is 0 Å². The Kier molecular flexibility index (Phi) is 3.54.